The highest BCUT2D eigenvalue weighted by atomic mass is 16.5. The number of hydrogen-bond donors (Lipinski definition) is 0. The first kappa shape index (κ1) is 21.6. The summed E-state index contributed by atoms with van der Waals surface area (Å²) in [5.74, 6) is 1.75. The molecule has 3 heterocycles. The van der Waals surface area contributed by atoms with Crippen LogP contribution in [-0.2, 0) is 5.41 Å². The van der Waals surface area contributed by atoms with E-state index < -0.39 is 5.41 Å². The molecule has 0 unspecified atom stereocenters. The first-order chi connectivity index (χ1) is 19.8. The zero-order valence-electron chi connectivity index (χ0n) is 21.5. The van der Waals surface area contributed by atoms with Gasteiger partial charge in [-0.05, 0) is 46.5 Å². The number of para-hydroxylation sites is 1. The summed E-state index contributed by atoms with van der Waals surface area (Å²) in [6, 6.07) is 45.1. The number of nitrogens with zero attached hydrogens (tertiary/aromatic N) is 2. The lowest BCUT2D eigenvalue weighted by molar-refractivity contribution is 0.436. The van der Waals surface area contributed by atoms with E-state index in [9.17, 15) is 0 Å². The molecule has 0 radical (unpaired) electrons. The van der Waals surface area contributed by atoms with Gasteiger partial charge in [0.05, 0.1) is 22.1 Å². The number of pyridine rings is 2. The molecule has 186 valence electrons. The molecule has 9 rings (SSSR count). The van der Waals surface area contributed by atoms with Gasteiger partial charge in [-0.2, -0.15) is 0 Å². The van der Waals surface area contributed by atoms with Gasteiger partial charge >= 0.3 is 0 Å². The van der Waals surface area contributed by atoms with Crippen molar-refractivity contribution in [3.05, 3.63) is 156 Å². The van der Waals surface area contributed by atoms with Crippen LogP contribution in [0, 0.1) is 0 Å². The minimum atomic E-state index is -0.452. The van der Waals surface area contributed by atoms with Crippen LogP contribution in [0.2, 0.25) is 0 Å². The fraction of sp³-hybridized carbons (Fsp3) is 0.0270. The standard InChI is InChI=1S/C37H22N2O/c1-3-11-28-26(9-1)27-10-2-4-12-29(27)37(28)30-13-5-6-14-33(30)40-34-22-25(17-19-31(34)37)32-20-18-24-16-15-23-8-7-21-38-35(23)36(24)39-32/h1-22H. The molecule has 7 aromatic rings. The van der Waals surface area contributed by atoms with E-state index in [1.165, 1.54) is 27.8 Å². The molecule has 0 N–H and O–H groups in total. The van der Waals surface area contributed by atoms with Gasteiger partial charge in [-0.1, -0.05) is 103 Å². The maximum absolute atomic E-state index is 6.67. The van der Waals surface area contributed by atoms with Gasteiger partial charge in [0, 0.05) is 33.7 Å². The van der Waals surface area contributed by atoms with Crippen LogP contribution in [0.1, 0.15) is 22.3 Å². The summed E-state index contributed by atoms with van der Waals surface area (Å²) >= 11 is 0. The summed E-state index contributed by atoms with van der Waals surface area (Å²) in [5.41, 5.74) is 10.8. The average Bonchev–Trinajstić information content (AvgIpc) is 3.31. The quantitative estimate of drug-likeness (QED) is 0.207. The van der Waals surface area contributed by atoms with Crippen molar-refractivity contribution in [2.24, 2.45) is 0 Å². The largest absolute Gasteiger partial charge is 0.457 e. The van der Waals surface area contributed by atoms with Gasteiger partial charge in [-0.15, -0.1) is 0 Å². The number of benzene rings is 5. The molecule has 2 aromatic heterocycles. The van der Waals surface area contributed by atoms with Gasteiger partial charge in [-0.25, -0.2) is 4.98 Å². The summed E-state index contributed by atoms with van der Waals surface area (Å²) in [6.45, 7) is 0. The highest BCUT2D eigenvalue weighted by Gasteiger charge is 2.50. The second-order valence-corrected chi connectivity index (χ2v) is 10.6. The third-order valence-corrected chi connectivity index (χ3v) is 8.58. The second-order valence-electron chi connectivity index (χ2n) is 10.6. The van der Waals surface area contributed by atoms with Gasteiger partial charge in [0.1, 0.15) is 11.5 Å². The Kier molecular flexibility index (Phi) is 4.26. The fourth-order valence-electron chi connectivity index (χ4n) is 6.90. The highest BCUT2D eigenvalue weighted by Crippen LogP contribution is 2.62. The first-order valence-electron chi connectivity index (χ1n) is 13.6. The second kappa shape index (κ2) is 7.87. The molecule has 40 heavy (non-hydrogen) atoms. The van der Waals surface area contributed by atoms with Crippen LogP contribution in [0.4, 0.5) is 0 Å². The minimum absolute atomic E-state index is 0.452. The van der Waals surface area contributed by atoms with Crippen LogP contribution in [0.15, 0.2) is 134 Å². The molecular formula is C37H22N2O. The monoisotopic (exact) mass is 510 g/mol. The van der Waals surface area contributed by atoms with Crippen molar-refractivity contribution in [2.45, 2.75) is 5.41 Å². The highest BCUT2D eigenvalue weighted by molar-refractivity contribution is 6.03. The molecule has 3 heteroatoms. The van der Waals surface area contributed by atoms with Gasteiger partial charge < -0.3 is 4.74 Å². The lowest BCUT2D eigenvalue weighted by Crippen LogP contribution is -2.32. The zero-order valence-corrected chi connectivity index (χ0v) is 21.5. The van der Waals surface area contributed by atoms with Crippen LogP contribution < -0.4 is 4.74 Å². The van der Waals surface area contributed by atoms with Crippen molar-refractivity contribution in [1.82, 2.24) is 9.97 Å². The van der Waals surface area contributed by atoms with E-state index in [0.717, 1.165) is 50.1 Å². The number of fused-ring (bicyclic) bond motifs is 12. The molecule has 1 aliphatic heterocycles. The lowest BCUT2D eigenvalue weighted by atomic mass is 9.66. The Balaban J connectivity index is 1.31. The molecule has 0 saturated heterocycles. The SMILES string of the molecule is c1ccc2c(c1)Oc1cc(-c3ccc4ccc5cccnc5c4n3)ccc1C21c2ccccc2-c2ccccc21. The molecule has 0 amide bonds. The Bertz CT molecular complexity index is 2120. The molecule has 0 bridgehead atoms. The lowest BCUT2D eigenvalue weighted by Gasteiger charge is -2.39. The minimum Gasteiger partial charge on any atom is -0.457 e. The van der Waals surface area contributed by atoms with E-state index in [1.807, 2.05) is 12.3 Å². The Morgan fingerprint density at radius 3 is 1.95 bits per heavy atom. The van der Waals surface area contributed by atoms with Crippen LogP contribution in [0.3, 0.4) is 0 Å². The summed E-state index contributed by atoms with van der Waals surface area (Å²) in [4.78, 5) is 9.75. The van der Waals surface area contributed by atoms with E-state index in [1.54, 1.807) is 0 Å². The average molecular weight is 511 g/mol. The van der Waals surface area contributed by atoms with E-state index in [2.05, 4.69) is 126 Å². The Morgan fingerprint density at radius 2 is 1.15 bits per heavy atom. The van der Waals surface area contributed by atoms with Crippen LogP contribution in [0.25, 0.3) is 44.2 Å². The van der Waals surface area contributed by atoms with Gasteiger partial charge in [0.15, 0.2) is 0 Å². The Labute approximate surface area is 231 Å². The summed E-state index contributed by atoms with van der Waals surface area (Å²) in [5, 5.41) is 2.17. The van der Waals surface area contributed by atoms with Crippen molar-refractivity contribution in [3.63, 3.8) is 0 Å². The van der Waals surface area contributed by atoms with Crippen molar-refractivity contribution in [3.8, 4) is 33.9 Å². The maximum Gasteiger partial charge on any atom is 0.132 e. The smallest absolute Gasteiger partial charge is 0.132 e. The van der Waals surface area contributed by atoms with Crippen LogP contribution >= 0.6 is 0 Å². The predicted octanol–water partition coefficient (Wildman–Crippen LogP) is 8.92. The third kappa shape index (κ3) is 2.73. The van der Waals surface area contributed by atoms with Crippen LogP contribution in [0.5, 0.6) is 11.5 Å². The van der Waals surface area contributed by atoms with Gasteiger partial charge in [-0.3, -0.25) is 4.98 Å². The molecule has 0 saturated carbocycles. The van der Waals surface area contributed by atoms with E-state index in [0.29, 0.717) is 0 Å². The van der Waals surface area contributed by atoms with Gasteiger partial charge in [0.25, 0.3) is 0 Å². The predicted molar refractivity (Wildman–Crippen MR) is 160 cm³/mol. The first-order valence-corrected chi connectivity index (χ1v) is 13.6. The van der Waals surface area contributed by atoms with Crippen molar-refractivity contribution >= 4 is 21.8 Å². The maximum atomic E-state index is 6.67. The number of hydrogen-bond acceptors (Lipinski definition) is 3. The Hall–Kier alpha value is -5.28. The summed E-state index contributed by atoms with van der Waals surface area (Å²) in [7, 11) is 0. The topological polar surface area (TPSA) is 35.0 Å². The molecule has 5 aromatic carbocycles. The molecule has 0 atom stereocenters. The van der Waals surface area contributed by atoms with Crippen molar-refractivity contribution < 1.29 is 4.74 Å². The number of aromatic nitrogens is 2. The normalized spacial score (nSPS) is 13.9. The van der Waals surface area contributed by atoms with Gasteiger partial charge in [0.2, 0.25) is 0 Å². The zero-order chi connectivity index (χ0) is 26.3. The molecular weight excluding hydrogens is 488 g/mol. The summed E-state index contributed by atoms with van der Waals surface area (Å²) < 4.78 is 6.67. The van der Waals surface area contributed by atoms with E-state index in [4.69, 9.17) is 9.72 Å². The molecule has 1 aliphatic carbocycles. The molecule has 3 nitrogen and oxygen atoms in total. The van der Waals surface area contributed by atoms with E-state index >= 15 is 0 Å². The van der Waals surface area contributed by atoms with E-state index in [-0.39, 0.29) is 0 Å². The summed E-state index contributed by atoms with van der Waals surface area (Å²) in [6.07, 6.45) is 1.83. The molecule has 1 spiro atoms. The molecule has 2 aliphatic rings. The number of rotatable bonds is 1. The molecule has 0 fully saturated rings. The third-order valence-electron chi connectivity index (χ3n) is 8.58. The Morgan fingerprint density at radius 1 is 0.500 bits per heavy atom. The van der Waals surface area contributed by atoms with Crippen LogP contribution in [-0.4, -0.2) is 9.97 Å². The number of ether oxygens (including phenoxy) is 1. The fourth-order valence-corrected chi connectivity index (χ4v) is 6.90. The van der Waals surface area contributed by atoms with Crippen molar-refractivity contribution in [1.29, 1.82) is 0 Å². The van der Waals surface area contributed by atoms with Crippen molar-refractivity contribution in [2.75, 3.05) is 0 Å².